The lowest BCUT2D eigenvalue weighted by molar-refractivity contribution is -0.128. The van der Waals surface area contributed by atoms with Crippen molar-refractivity contribution in [2.24, 2.45) is 11.8 Å². The van der Waals surface area contributed by atoms with Gasteiger partial charge in [0.15, 0.2) is 0 Å². The maximum atomic E-state index is 11.9. The zero-order valence-corrected chi connectivity index (χ0v) is 10.4. The Labute approximate surface area is 104 Å². The van der Waals surface area contributed by atoms with Gasteiger partial charge < -0.3 is 0 Å². The summed E-state index contributed by atoms with van der Waals surface area (Å²) in [6.07, 6.45) is 8.53. The highest BCUT2D eigenvalue weighted by Gasteiger charge is 2.26. The first-order valence-electron chi connectivity index (χ1n) is 6.52. The van der Waals surface area contributed by atoms with E-state index in [4.69, 9.17) is 0 Å². The number of hydrogen-bond donors (Lipinski definition) is 0. The predicted octanol–water partition coefficient (Wildman–Crippen LogP) is 4.10. The van der Waals surface area contributed by atoms with Crippen molar-refractivity contribution in [1.82, 2.24) is 0 Å². The first-order valence-corrected chi connectivity index (χ1v) is 6.52. The van der Waals surface area contributed by atoms with Gasteiger partial charge in [0.1, 0.15) is 5.78 Å². The van der Waals surface area contributed by atoms with Gasteiger partial charge in [-0.2, -0.15) is 0 Å². The number of allylic oxidation sites excluding steroid dienone is 1. The van der Waals surface area contributed by atoms with Crippen LogP contribution in [0.2, 0.25) is 0 Å². The maximum Gasteiger partial charge on any atom is 0.139 e. The van der Waals surface area contributed by atoms with Crippen LogP contribution in [0.5, 0.6) is 0 Å². The fourth-order valence-electron chi connectivity index (χ4n) is 2.52. The molecule has 0 amide bonds. The molecule has 1 aromatic rings. The lowest BCUT2D eigenvalue weighted by Gasteiger charge is -2.24. The fraction of sp³-hybridized carbons (Fsp3) is 0.438. The van der Waals surface area contributed by atoms with E-state index in [-0.39, 0.29) is 11.8 Å². The molecule has 1 nitrogen and oxygen atoms in total. The van der Waals surface area contributed by atoms with Crippen LogP contribution in [0.3, 0.4) is 0 Å². The molecule has 1 saturated carbocycles. The summed E-state index contributed by atoms with van der Waals surface area (Å²) in [6, 6.07) is 10.3. The van der Waals surface area contributed by atoms with E-state index >= 15 is 0 Å². The van der Waals surface area contributed by atoms with Crippen molar-refractivity contribution in [3.8, 4) is 0 Å². The minimum atomic E-state index is 0.263. The summed E-state index contributed by atoms with van der Waals surface area (Å²) in [4.78, 5) is 11.9. The molecule has 0 aromatic heterocycles. The summed E-state index contributed by atoms with van der Waals surface area (Å²) in [7, 11) is 0. The van der Waals surface area contributed by atoms with Crippen molar-refractivity contribution >= 4 is 11.9 Å². The van der Waals surface area contributed by atoms with Gasteiger partial charge in [0.05, 0.1) is 0 Å². The summed E-state index contributed by atoms with van der Waals surface area (Å²) in [6.45, 7) is 2.06. The number of carbonyl (C=O) groups excluding carboxylic acids is 1. The minimum absolute atomic E-state index is 0.263. The van der Waals surface area contributed by atoms with Crippen molar-refractivity contribution in [3.05, 3.63) is 42.0 Å². The molecule has 1 aliphatic rings. The second kappa shape index (κ2) is 5.81. The zero-order valence-electron chi connectivity index (χ0n) is 10.4. The molecule has 17 heavy (non-hydrogen) atoms. The third-order valence-corrected chi connectivity index (χ3v) is 3.61. The van der Waals surface area contributed by atoms with E-state index in [0.717, 1.165) is 19.3 Å². The van der Waals surface area contributed by atoms with E-state index in [0.29, 0.717) is 5.78 Å². The fourth-order valence-corrected chi connectivity index (χ4v) is 2.52. The van der Waals surface area contributed by atoms with Crippen LogP contribution in [0.25, 0.3) is 6.08 Å². The van der Waals surface area contributed by atoms with Crippen molar-refractivity contribution in [1.29, 1.82) is 0 Å². The molecule has 1 aromatic carbocycles. The second-order valence-corrected chi connectivity index (χ2v) is 4.98. The number of hydrogen-bond acceptors (Lipinski definition) is 1. The van der Waals surface area contributed by atoms with Crippen LogP contribution in [-0.2, 0) is 4.79 Å². The van der Waals surface area contributed by atoms with Gasteiger partial charge in [-0.3, -0.25) is 4.79 Å². The highest BCUT2D eigenvalue weighted by atomic mass is 16.1. The molecule has 1 aliphatic carbocycles. The van der Waals surface area contributed by atoms with Crippen molar-refractivity contribution < 1.29 is 4.79 Å². The Morgan fingerprint density at radius 2 is 2.00 bits per heavy atom. The molecule has 0 spiro atoms. The van der Waals surface area contributed by atoms with Crippen LogP contribution in [0, 0.1) is 11.8 Å². The zero-order chi connectivity index (χ0) is 12.1. The molecule has 90 valence electrons. The second-order valence-electron chi connectivity index (χ2n) is 4.98. The summed E-state index contributed by atoms with van der Waals surface area (Å²) >= 11 is 0. The van der Waals surface area contributed by atoms with Crippen molar-refractivity contribution in [2.75, 3.05) is 0 Å². The van der Waals surface area contributed by atoms with E-state index in [1.165, 1.54) is 12.0 Å². The quantitative estimate of drug-likeness (QED) is 0.761. The van der Waals surface area contributed by atoms with Crippen LogP contribution >= 0.6 is 0 Å². The molecular weight excluding hydrogens is 208 g/mol. The van der Waals surface area contributed by atoms with Gasteiger partial charge in [-0.05, 0) is 24.8 Å². The number of carbonyl (C=O) groups is 1. The molecule has 0 heterocycles. The van der Waals surface area contributed by atoms with Crippen molar-refractivity contribution in [2.45, 2.75) is 32.6 Å². The summed E-state index contributed by atoms with van der Waals surface area (Å²) in [5, 5.41) is 0. The Morgan fingerprint density at radius 3 is 2.76 bits per heavy atom. The van der Waals surface area contributed by atoms with Gasteiger partial charge in [0.25, 0.3) is 0 Å². The molecule has 1 heteroatoms. The van der Waals surface area contributed by atoms with Crippen molar-refractivity contribution in [3.63, 3.8) is 0 Å². The minimum Gasteiger partial charge on any atom is -0.299 e. The van der Waals surface area contributed by atoms with Crippen LogP contribution in [0.4, 0.5) is 0 Å². The molecule has 2 atom stereocenters. The third kappa shape index (κ3) is 3.29. The number of benzene rings is 1. The number of Topliss-reactive ketones (excluding diaryl/α,β-unsaturated/α-hetero) is 1. The first kappa shape index (κ1) is 12.1. The molecule has 0 saturated heterocycles. The standard InChI is InChI=1S/C16H20O/c1-13-7-5-11-15(16(13)17)12-6-10-14-8-3-2-4-9-14/h2-4,6,8-10,13,15H,5,7,11-12H2,1H3/b10-6+. The molecule has 0 aliphatic heterocycles. The highest BCUT2D eigenvalue weighted by Crippen LogP contribution is 2.28. The van der Waals surface area contributed by atoms with Gasteiger partial charge in [-0.15, -0.1) is 0 Å². The summed E-state index contributed by atoms with van der Waals surface area (Å²) in [5.41, 5.74) is 1.21. The molecule has 2 rings (SSSR count). The van der Waals surface area contributed by atoms with E-state index < -0.39 is 0 Å². The van der Waals surface area contributed by atoms with E-state index in [9.17, 15) is 4.79 Å². The average Bonchev–Trinajstić information content (AvgIpc) is 2.36. The van der Waals surface area contributed by atoms with E-state index in [1.54, 1.807) is 0 Å². The lowest BCUT2D eigenvalue weighted by Crippen LogP contribution is -2.25. The van der Waals surface area contributed by atoms with Gasteiger partial charge in [-0.25, -0.2) is 0 Å². The predicted molar refractivity (Wildman–Crippen MR) is 71.6 cm³/mol. The summed E-state index contributed by atoms with van der Waals surface area (Å²) in [5.74, 6) is 1.01. The third-order valence-electron chi connectivity index (χ3n) is 3.61. The number of ketones is 1. The van der Waals surface area contributed by atoms with Gasteiger partial charge in [0, 0.05) is 11.8 Å². The Hall–Kier alpha value is -1.37. The Balaban J connectivity index is 1.89. The maximum absolute atomic E-state index is 11.9. The highest BCUT2D eigenvalue weighted by molar-refractivity contribution is 5.84. The Morgan fingerprint density at radius 1 is 1.24 bits per heavy atom. The van der Waals surface area contributed by atoms with Crippen LogP contribution in [-0.4, -0.2) is 5.78 Å². The van der Waals surface area contributed by atoms with Gasteiger partial charge >= 0.3 is 0 Å². The van der Waals surface area contributed by atoms with E-state index in [1.807, 2.05) is 18.2 Å². The molecule has 2 unspecified atom stereocenters. The Kier molecular flexibility index (Phi) is 4.13. The Bertz CT molecular complexity index is 391. The van der Waals surface area contributed by atoms with Gasteiger partial charge in [-0.1, -0.05) is 55.8 Å². The summed E-state index contributed by atoms with van der Waals surface area (Å²) < 4.78 is 0. The molecular formula is C16H20O. The molecule has 0 N–H and O–H groups in total. The SMILES string of the molecule is CC1CCCC(C/C=C/c2ccccc2)C1=O. The lowest BCUT2D eigenvalue weighted by atomic mass is 9.79. The molecule has 0 radical (unpaired) electrons. The topological polar surface area (TPSA) is 17.1 Å². The molecule has 0 bridgehead atoms. The average molecular weight is 228 g/mol. The first-order chi connectivity index (χ1) is 8.27. The van der Waals surface area contributed by atoms with E-state index in [2.05, 4.69) is 31.2 Å². The molecule has 1 fully saturated rings. The van der Waals surface area contributed by atoms with Crippen LogP contribution in [0.1, 0.15) is 38.2 Å². The monoisotopic (exact) mass is 228 g/mol. The largest absolute Gasteiger partial charge is 0.299 e. The number of rotatable bonds is 3. The smallest absolute Gasteiger partial charge is 0.139 e. The van der Waals surface area contributed by atoms with Crippen LogP contribution < -0.4 is 0 Å². The van der Waals surface area contributed by atoms with Gasteiger partial charge in [0.2, 0.25) is 0 Å². The van der Waals surface area contributed by atoms with Crippen LogP contribution in [0.15, 0.2) is 36.4 Å². The normalized spacial score (nSPS) is 25.4.